The molecular weight excluding hydrogens is 260 g/mol. The largest absolute Gasteiger partial charge is 0.396 e. The molecular formula is C12H19ClO3S. The first kappa shape index (κ1) is 16.4. The van der Waals surface area contributed by atoms with Crippen LogP contribution in [0.3, 0.4) is 0 Å². The maximum absolute atomic E-state index is 9.40. The Morgan fingerprint density at radius 1 is 1.29 bits per heavy atom. The molecule has 1 rings (SSSR count). The van der Waals surface area contributed by atoms with Gasteiger partial charge >= 0.3 is 0 Å². The van der Waals surface area contributed by atoms with E-state index >= 15 is 0 Å². The molecule has 1 atom stereocenters. The van der Waals surface area contributed by atoms with Gasteiger partial charge in [0.2, 0.25) is 9.05 Å². The van der Waals surface area contributed by atoms with Crippen molar-refractivity contribution >= 4 is 19.7 Å². The van der Waals surface area contributed by atoms with Crippen molar-refractivity contribution in [2.75, 3.05) is 12.9 Å². The molecule has 0 fully saturated rings. The molecule has 0 unspecified atom stereocenters. The van der Waals surface area contributed by atoms with E-state index < -0.39 is 9.05 Å². The smallest absolute Gasteiger partial charge is 0.229 e. The molecule has 0 heterocycles. The van der Waals surface area contributed by atoms with E-state index in [1.54, 1.807) is 0 Å². The predicted octanol–water partition coefficient (Wildman–Crippen LogP) is 2.35. The molecule has 0 bridgehead atoms. The van der Waals surface area contributed by atoms with E-state index in [-0.39, 0.29) is 6.61 Å². The summed E-state index contributed by atoms with van der Waals surface area (Å²) in [6.07, 6.45) is 1.89. The van der Waals surface area contributed by atoms with Crippen LogP contribution in [-0.4, -0.2) is 26.4 Å². The van der Waals surface area contributed by atoms with E-state index in [0.717, 1.165) is 12.7 Å². The summed E-state index contributed by atoms with van der Waals surface area (Å²) >= 11 is 0. The van der Waals surface area contributed by atoms with Gasteiger partial charge in [-0.05, 0) is 24.8 Å². The number of benzene rings is 1. The molecule has 0 amide bonds. The van der Waals surface area contributed by atoms with Gasteiger partial charge in [0.1, 0.15) is 0 Å². The van der Waals surface area contributed by atoms with Gasteiger partial charge in [-0.2, -0.15) is 0 Å². The highest BCUT2D eigenvalue weighted by Gasteiger charge is 2.00. The van der Waals surface area contributed by atoms with Crippen molar-refractivity contribution in [2.45, 2.75) is 20.3 Å². The summed E-state index contributed by atoms with van der Waals surface area (Å²) in [6, 6.07) is 8.47. The molecule has 0 radical (unpaired) electrons. The summed E-state index contributed by atoms with van der Waals surface area (Å²) in [6.45, 7) is 4.41. The molecule has 0 saturated carbocycles. The van der Waals surface area contributed by atoms with Crippen molar-refractivity contribution in [2.24, 2.45) is 5.92 Å². The molecule has 0 aliphatic carbocycles. The van der Waals surface area contributed by atoms with Gasteiger partial charge in [-0.1, -0.05) is 36.8 Å². The van der Waals surface area contributed by atoms with Crippen molar-refractivity contribution in [3.63, 3.8) is 0 Å². The Balaban J connectivity index is 0.000000437. The normalized spacial score (nSPS) is 12.5. The molecule has 3 nitrogen and oxygen atoms in total. The highest BCUT2D eigenvalue weighted by Crippen LogP contribution is 2.08. The van der Waals surface area contributed by atoms with E-state index in [2.05, 4.69) is 48.8 Å². The second-order valence-corrected chi connectivity index (χ2v) is 7.20. The second-order valence-electron chi connectivity index (χ2n) is 4.16. The zero-order valence-electron chi connectivity index (χ0n) is 10.4. The number of aryl methyl sites for hydroxylation is 1. The molecule has 1 N–H and O–H groups in total. The van der Waals surface area contributed by atoms with Crippen molar-refractivity contribution in [3.05, 3.63) is 35.4 Å². The third kappa shape index (κ3) is 11.7. The Morgan fingerprint density at radius 3 is 2.06 bits per heavy atom. The number of aliphatic hydroxyl groups is 1. The summed E-state index contributed by atoms with van der Waals surface area (Å²) in [5, 5.41) is 8.85. The molecule has 1 aromatic carbocycles. The first-order valence-electron chi connectivity index (χ1n) is 5.28. The van der Waals surface area contributed by atoms with Crippen LogP contribution in [-0.2, 0) is 15.5 Å². The fourth-order valence-corrected chi connectivity index (χ4v) is 1.19. The summed E-state index contributed by atoms with van der Waals surface area (Å²) in [4.78, 5) is 0. The zero-order chi connectivity index (χ0) is 13.5. The van der Waals surface area contributed by atoms with Crippen molar-refractivity contribution < 1.29 is 13.5 Å². The number of halogens is 1. The number of rotatable bonds is 3. The van der Waals surface area contributed by atoms with Crippen LogP contribution in [0.15, 0.2) is 24.3 Å². The first-order chi connectivity index (χ1) is 7.72. The lowest BCUT2D eigenvalue weighted by atomic mass is 10.0. The monoisotopic (exact) mass is 278 g/mol. The maximum atomic E-state index is 9.40. The fraction of sp³-hybridized carbons (Fsp3) is 0.500. The molecule has 0 aliphatic rings. The Morgan fingerprint density at radius 2 is 1.71 bits per heavy atom. The SMILES string of the molecule is CS(=O)(=O)Cl.Cc1ccc(C[C@H](C)CO)cc1. The lowest BCUT2D eigenvalue weighted by Crippen LogP contribution is -2.04. The van der Waals surface area contributed by atoms with E-state index in [1.165, 1.54) is 11.1 Å². The molecule has 0 saturated heterocycles. The van der Waals surface area contributed by atoms with Gasteiger partial charge in [-0.15, -0.1) is 0 Å². The summed E-state index contributed by atoms with van der Waals surface area (Å²) in [5.74, 6) is 0.368. The summed E-state index contributed by atoms with van der Waals surface area (Å²) < 4.78 is 18.8. The summed E-state index contributed by atoms with van der Waals surface area (Å²) in [7, 11) is 1.31. The van der Waals surface area contributed by atoms with E-state index in [4.69, 9.17) is 5.11 Å². The first-order valence-corrected chi connectivity index (χ1v) is 8.00. The van der Waals surface area contributed by atoms with Crippen molar-refractivity contribution in [3.8, 4) is 0 Å². The lowest BCUT2D eigenvalue weighted by Gasteiger charge is -2.07. The van der Waals surface area contributed by atoms with Crippen LogP contribution < -0.4 is 0 Å². The van der Waals surface area contributed by atoms with E-state index in [0.29, 0.717) is 5.92 Å². The number of hydrogen-bond donors (Lipinski definition) is 1. The standard InChI is InChI=1S/C11H16O.CH3ClO2S/c1-9-3-5-11(6-4-9)7-10(2)8-12;1-5(2,3)4/h3-6,10,12H,7-8H2,1-2H3;1H3/t10-;/m0./s1. The topological polar surface area (TPSA) is 54.4 Å². The minimum absolute atomic E-state index is 0.272. The van der Waals surface area contributed by atoms with Crippen LogP contribution in [0.2, 0.25) is 0 Å². The molecule has 0 aliphatic heterocycles. The maximum Gasteiger partial charge on any atom is 0.229 e. The van der Waals surface area contributed by atoms with Crippen LogP contribution in [0.25, 0.3) is 0 Å². The van der Waals surface area contributed by atoms with Crippen molar-refractivity contribution in [1.29, 1.82) is 0 Å². The quantitative estimate of drug-likeness (QED) is 0.864. The second kappa shape index (κ2) is 7.69. The van der Waals surface area contributed by atoms with Crippen LogP contribution in [0.5, 0.6) is 0 Å². The minimum Gasteiger partial charge on any atom is -0.396 e. The van der Waals surface area contributed by atoms with Gasteiger partial charge in [0, 0.05) is 17.3 Å². The Kier molecular flexibility index (Phi) is 7.43. The Hall–Kier alpha value is -0.580. The molecule has 1 aromatic rings. The van der Waals surface area contributed by atoms with Gasteiger partial charge in [-0.25, -0.2) is 8.42 Å². The third-order valence-corrected chi connectivity index (χ3v) is 2.02. The van der Waals surface area contributed by atoms with Gasteiger partial charge in [-0.3, -0.25) is 0 Å². The molecule has 0 spiro atoms. The average molecular weight is 279 g/mol. The highest BCUT2D eigenvalue weighted by atomic mass is 35.7. The van der Waals surface area contributed by atoms with Gasteiger partial charge < -0.3 is 5.11 Å². The average Bonchev–Trinajstić information content (AvgIpc) is 2.19. The molecule has 17 heavy (non-hydrogen) atoms. The molecule has 98 valence electrons. The van der Waals surface area contributed by atoms with Crippen LogP contribution in [0.4, 0.5) is 0 Å². The fourth-order valence-electron chi connectivity index (χ4n) is 1.19. The zero-order valence-corrected chi connectivity index (χ0v) is 11.9. The van der Waals surface area contributed by atoms with E-state index in [9.17, 15) is 8.42 Å². The van der Waals surface area contributed by atoms with Gasteiger partial charge in [0.25, 0.3) is 0 Å². The van der Waals surface area contributed by atoms with E-state index in [1.807, 2.05) is 0 Å². The number of aliphatic hydroxyl groups excluding tert-OH is 1. The van der Waals surface area contributed by atoms with Crippen LogP contribution in [0, 0.1) is 12.8 Å². The van der Waals surface area contributed by atoms with Crippen LogP contribution >= 0.6 is 10.7 Å². The summed E-state index contributed by atoms with van der Waals surface area (Å²) in [5.41, 5.74) is 2.59. The van der Waals surface area contributed by atoms with Crippen LogP contribution in [0.1, 0.15) is 18.1 Å². The number of hydrogen-bond acceptors (Lipinski definition) is 3. The van der Waals surface area contributed by atoms with Gasteiger partial charge in [0.15, 0.2) is 0 Å². The Bertz CT molecular complexity index is 404. The minimum atomic E-state index is -3.19. The highest BCUT2D eigenvalue weighted by molar-refractivity contribution is 8.13. The predicted molar refractivity (Wildman–Crippen MR) is 71.8 cm³/mol. The van der Waals surface area contributed by atoms with Gasteiger partial charge in [0.05, 0.1) is 6.26 Å². The molecule has 0 aromatic heterocycles. The molecule has 5 heteroatoms. The third-order valence-electron chi connectivity index (χ3n) is 2.02. The van der Waals surface area contributed by atoms with Crippen molar-refractivity contribution in [1.82, 2.24) is 0 Å². The Labute approximate surface area is 108 Å². The lowest BCUT2D eigenvalue weighted by molar-refractivity contribution is 0.237.